The Kier molecular flexibility index (Phi) is 7.86. The molecule has 0 aliphatic carbocycles. The molecule has 6 nitrogen and oxygen atoms in total. The van der Waals surface area contributed by atoms with Gasteiger partial charge < -0.3 is 20.1 Å². The van der Waals surface area contributed by atoms with Gasteiger partial charge in [0.15, 0.2) is 5.11 Å². The number of para-hydroxylation sites is 1. The average Bonchev–Trinajstić information content (AvgIpc) is 3.43. The zero-order valence-corrected chi connectivity index (χ0v) is 23.7. The summed E-state index contributed by atoms with van der Waals surface area (Å²) in [6, 6.07) is 19.8. The maximum absolute atomic E-state index is 13.5. The molecule has 2 aromatic carbocycles. The fourth-order valence-corrected chi connectivity index (χ4v) is 5.77. The Labute approximate surface area is 242 Å². The Morgan fingerprint density at radius 2 is 1.78 bits per heavy atom. The third-order valence-corrected chi connectivity index (χ3v) is 7.77. The Hall–Kier alpha value is -4.18. The predicted octanol–water partition coefficient (Wildman–Crippen LogP) is 6.82. The van der Waals surface area contributed by atoms with Gasteiger partial charge in [-0.15, -0.1) is 0 Å². The van der Waals surface area contributed by atoms with E-state index in [0.29, 0.717) is 17.3 Å². The van der Waals surface area contributed by atoms with Crippen molar-refractivity contribution in [2.45, 2.75) is 45.5 Å². The first-order valence-electron chi connectivity index (χ1n) is 13.2. The van der Waals surface area contributed by atoms with Crippen molar-refractivity contribution >= 4 is 28.9 Å². The number of nitrogens with zero attached hydrogens (tertiary/aromatic N) is 3. The van der Waals surface area contributed by atoms with Gasteiger partial charge in [0.05, 0.1) is 23.3 Å². The van der Waals surface area contributed by atoms with Crippen LogP contribution in [0, 0.1) is 20.8 Å². The van der Waals surface area contributed by atoms with Crippen molar-refractivity contribution in [1.29, 1.82) is 0 Å². The first-order valence-corrected chi connectivity index (χ1v) is 13.7. The Morgan fingerprint density at radius 3 is 2.49 bits per heavy atom. The number of aryl methyl sites for hydroxylation is 2. The standard InChI is InChI=1S/C31H30F3N5OS/c1-19-9-4-5-12-25(19)36-27(40)14-16-38-29(28(37-30(38)41)26-13-6-7-15-35-26)24-17-20(2)39(21(24)3)23-11-8-10-22(18-23)31(32,33)34/h4-13,15,17-18,28-29H,14,16H2,1-3H3,(H,36,40)(H,37,41)/t28-,29-/m0/s1. The summed E-state index contributed by atoms with van der Waals surface area (Å²) in [4.78, 5) is 19.5. The molecule has 3 heterocycles. The minimum atomic E-state index is -4.45. The maximum Gasteiger partial charge on any atom is 0.416 e. The molecule has 4 aromatic rings. The lowest BCUT2D eigenvalue weighted by Crippen LogP contribution is -2.33. The molecule has 0 spiro atoms. The van der Waals surface area contributed by atoms with Crippen LogP contribution >= 0.6 is 12.2 Å². The predicted molar refractivity (Wildman–Crippen MR) is 157 cm³/mol. The Morgan fingerprint density at radius 1 is 1.02 bits per heavy atom. The van der Waals surface area contributed by atoms with Crippen molar-refractivity contribution in [2.75, 3.05) is 11.9 Å². The van der Waals surface area contributed by atoms with Gasteiger partial charge in [-0.2, -0.15) is 13.2 Å². The van der Waals surface area contributed by atoms with Crippen LogP contribution in [-0.4, -0.2) is 32.0 Å². The van der Waals surface area contributed by atoms with Crippen molar-refractivity contribution in [3.05, 3.63) is 113 Å². The molecule has 41 heavy (non-hydrogen) atoms. The van der Waals surface area contributed by atoms with Gasteiger partial charge in [0.1, 0.15) is 0 Å². The number of alkyl halides is 3. The number of aromatic nitrogens is 2. The number of carbonyl (C=O) groups is 1. The molecule has 1 amide bonds. The first kappa shape index (κ1) is 28.4. The van der Waals surface area contributed by atoms with Gasteiger partial charge in [-0.1, -0.05) is 30.3 Å². The molecule has 0 radical (unpaired) electrons. The minimum Gasteiger partial charge on any atom is -0.352 e. The van der Waals surface area contributed by atoms with Gasteiger partial charge in [-0.25, -0.2) is 0 Å². The molecule has 2 N–H and O–H groups in total. The summed E-state index contributed by atoms with van der Waals surface area (Å²) in [6.07, 6.45) is -2.55. The normalized spacial score (nSPS) is 17.0. The number of rotatable bonds is 7. The van der Waals surface area contributed by atoms with Crippen LogP contribution in [0.2, 0.25) is 0 Å². The highest BCUT2D eigenvalue weighted by Crippen LogP contribution is 2.42. The van der Waals surface area contributed by atoms with Gasteiger partial charge in [0, 0.05) is 41.9 Å². The molecule has 1 fully saturated rings. The fraction of sp³-hybridized carbons (Fsp3) is 0.258. The summed E-state index contributed by atoms with van der Waals surface area (Å²) < 4.78 is 42.3. The van der Waals surface area contributed by atoms with E-state index in [1.165, 1.54) is 6.07 Å². The molecule has 2 aromatic heterocycles. The van der Waals surface area contributed by atoms with Gasteiger partial charge in [-0.05, 0) is 86.6 Å². The highest BCUT2D eigenvalue weighted by Gasteiger charge is 2.41. The molecule has 0 bridgehead atoms. The lowest BCUT2D eigenvalue weighted by molar-refractivity contribution is -0.137. The van der Waals surface area contributed by atoms with Crippen LogP contribution in [0.3, 0.4) is 0 Å². The average molecular weight is 578 g/mol. The molecular weight excluding hydrogens is 547 g/mol. The molecule has 0 unspecified atom stereocenters. The number of benzene rings is 2. The van der Waals surface area contributed by atoms with E-state index >= 15 is 0 Å². The number of anilines is 1. The van der Waals surface area contributed by atoms with E-state index in [1.54, 1.807) is 12.3 Å². The molecule has 5 rings (SSSR count). The minimum absolute atomic E-state index is 0.142. The van der Waals surface area contributed by atoms with E-state index < -0.39 is 11.7 Å². The van der Waals surface area contributed by atoms with E-state index in [0.717, 1.165) is 46.0 Å². The molecule has 1 saturated heterocycles. The second-order valence-electron chi connectivity index (χ2n) is 10.1. The summed E-state index contributed by atoms with van der Waals surface area (Å²) in [7, 11) is 0. The largest absolute Gasteiger partial charge is 0.416 e. The summed E-state index contributed by atoms with van der Waals surface area (Å²) in [5, 5.41) is 6.84. The number of carbonyl (C=O) groups excluding carboxylic acids is 1. The molecule has 2 atom stereocenters. The third kappa shape index (κ3) is 5.83. The molecular formula is C31H30F3N5OS. The number of pyridine rings is 1. The zero-order valence-electron chi connectivity index (χ0n) is 22.9. The lowest BCUT2D eigenvalue weighted by atomic mass is 9.96. The van der Waals surface area contributed by atoms with Crippen LogP contribution in [0.25, 0.3) is 5.69 Å². The molecule has 1 aliphatic heterocycles. The second kappa shape index (κ2) is 11.4. The van der Waals surface area contributed by atoms with Crippen LogP contribution in [0.15, 0.2) is 79.0 Å². The number of amides is 1. The van der Waals surface area contributed by atoms with Crippen molar-refractivity contribution in [1.82, 2.24) is 19.8 Å². The maximum atomic E-state index is 13.5. The molecule has 0 saturated carbocycles. The topological polar surface area (TPSA) is 62.2 Å². The van der Waals surface area contributed by atoms with Gasteiger partial charge in [0.2, 0.25) is 5.91 Å². The number of hydrogen-bond acceptors (Lipinski definition) is 3. The molecule has 1 aliphatic rings. The highest BCUT2D eigenvalue weighted by molar-refractivity contribution is 7.80. The van der Waals surface area contributed by atoms with Crippen LogP contribution in [0.5, 0.6) is 0 Å². The SMILES string of the molecule is Cc1ccccc1NC(=O)CCN1C(=S)N[C@@H](c2ccccn2)[C@@H]1c1cc(C)n(-c2cccc(C(F)(F)F)c2)c1C. The summed E-state index contributed by atoms with van der Waals surface area (Å²) in [6.45, 7) is 6.03. The number of halogens is 3. The zero-order chi connectivity index (χ0) is 29.3. The smallest absolute Gasteiger partial charge is 0.352 e. The van der Waals surface area contributed by atoms with E-state index in [2.05, 4.69) is 15.6 Å². The van der Waals surface area contributed by atoms with Gasteiger partial charge in [-0.3, -0.25) is 9.78 Å². The number of hydrogen-bond donors (Lipinski definition) is 2. The van der Waals surface area contributed by atoms with Crippen LogP contribution in [0.4, 0.5) is 18.9 Å². The number of thiocarbonyl (C=S) groups is 1. The molecule has 212 valence electrons. The first-order chi connectivity index (χ1) is 19.5. The van der Waals surface area contributed by atoms with Gasteiger partial charge in [0.25, 0.3) is 0 Å². The van der Waals surface area contributed by atoms with Crippen LogP contribution < -0.4 is 10.6 Å². The van der Waals surface area contributed by atoms with Crippen molar-refractivity contribution in [3.8, 4) is 5.69 Å². The van der Waals surface area contributed by atoms with E-state index in [4.69, 9.17) is 12.2 Å². The van der Waals surface area contributed by atoms with Crippen molar-refractivity contribution in [2.24, 2.45) is 0 Å². The Balaban J connectivity index is 1.49. The summed E-state index contributed by atoms with van der Waals surface area (Å²) >= 11 is 5.76. The Bertz CT molecular complexity index is 1580. The quantitative estimate of drug-likeness (QED) is 0.236. The van der Waals surface area contributed by atoms with E-state index in [9.17, 15) is 18.0 Å². The van der Waals surface area contributed by atoms with Gasteiger partial charge >= 0.3 is 6.18 Å². The van der Waals surface area contributed by atoms with Crippen molar-refractivity contribution in [3.63, 3.8) is 0 Å². The monoisotopic (exact) mass is 577 g/mol. The summed E-state index contributed by atoms with van der Waals surface area (Å²) in [5.74, 6) is -0.142. The molecule has 10 heteroatoms. The lowest BCUT2D eigenvalue weighted by Gasteiger charge is -2.28. The van der Waals surface area contributed by atoms with Crippen LogP contribution in [0.1, 0.15) is 52.3 Å². The third-order valence-electron chi connectivity index (χ3n) is 7.42. The fourth-order valence-electron chi connectivity index (χ4n) is 5.44. The number of nitrogens with one attached hydrogen (secondary N) is 2. The van der Waals surface area contributed by atoms with Crippen molar-refractivity contribution < 1.29 is 18.0 Å². The second-order valence-corrected chi connectivity index (χ2v) is 10.5. The van der Waals surface area contributed by atoms with E-state index in [-0.39, 0.29) is 24.4 Å². The van der Waals surface area contributed by atoms with E-state index in [1.807, 2.05) is 78.8 Å². The van der Waals surface area contributed by atoms with Crippen LogP contribution in [-0.2, 0) is 11.0 Å². The highest BCUT2D eigenvalue weighted by atomic mass is 32.1. The summed E-state index contributed by atoms with van der Waals surface area (Å²) in [5.41, 5.74) is 4.67.